The van der Waals surface area contributed by atoms with Crippen LogP contribution in [0.1, 0.15) is 6.42 Å². The smallest absolute Gasteiger partial charge is 0.230 e. The number of anilines is 1. The summed E-state index contributed by atoms with van der Waals surface area (Å²) in [7, 11) is 0. The molecule has 7 heteroatoms. The first kappa shape index (κ1) is 12.2. The van der Waals surface area contributed by atoms with Gasteiger partial charge in [-0.1, -0.05) is 5.16 Å². The van der Waals surface area contributed by atoms with Gasteiger partial charge in [-0.3, -0.25) is 0 Å². The molecule has 1 aromatic carbocycles. The molecule has 0 saturated heterocycles. The summed E-state index contributed by atoms with van der Waals surface area (Å²) in [5, 5.41) is 13.9. The first-order valence-corrected chi connectivity index (χ1v) is 6.49. The number of halogens is 1. The number of nitrogens with zero attached hydrogens (tertiary/aromatic N) is 1. The van der Waals surface area contributed by atoms with Crippen LogP contribution in [0.15, 0.2) is 21.3 Å². The van der Waals surface area contributed by atoms with Crippen LogP contribution < -0.4 is 15.2 Å². The molecular weight excluding hydrogens is 316 g/mol. The third-order valence-electron chi connectivity index (χ3n) is 2.83. The van der Waals surface area contributed by atoms with Gasteiger partial charge in [-0.05, 0) is 15.9 Å². The zero-order valence-corrected chi connectivity index (χ0v) is 11.4. The Kier molecular flexibility index (Phi) is 2.98. The van der Waals surface area contributed by atoms with E-state index in [4.69, 9.17) is 19.7 Å². The predicted octanol–water partition coefficient (Wildman–Crippen LogP) is 2.55. The minimum atomic E-state index is 0.0131. The lowest BCUT2D eigenvalue weighted by Crippen LogP contribution is -1.98. The summed E-state index contributed by atoms with van der Waals surface area (Å²) in [5.74, 6) is 1.13. The Morgan fingerprint density at radius 3 is 2.84 bits per heavy atom. The molecule has 0 bridgehead atoms. The maximum Gasteiger partial charge on any atom is 0.230 e. The predicted molar refractivity (Wildman–Crippen MR) is 71.3 cm³/mol. The topological polar surface area (TPSA) is 90.7 Å². The molecule has 6 nitrogen and oxygen atoms in total. The van der Waals surface area contributed by atoms with Gasteiger partial charge in [0.15, 0.2) is 11.5 Å². The molecule has 2 aromatic rings. The van der Waals surface area contributed by atoms with E-state index >= 15 is 0 Å². The van der Waals surface area contributed by atoms with Crippen LogP contribution in [-0.4, -0.2) is 23.5 Å². The highest BCUT2D eigenvalue weighted by Gasteiger charge is 2.25. The van der Waals surface area contributed by atoms with Gasteiger partial charge in [-0.2, -0.15) is 0 Å². The monoisotopic (exact) mass is 326 g/mol. The highest BCUT2D eigenvalue weighted by molar-refractivity contribution is 9.10. The molecule has 0 fully saturated rings. The average molecular weight is 327 g/mol. The van der Waals surface area contributed by atoms with Crippen LogP contribution in [0.5, 0.6) is 17.2 Å². The number of nitrogen functional groups attached to an aromatic ring is 1. The van der Waals surface area contributed by atoms with Crippen LogP contribution in [0.2, 0.25) is 0 Å². The minimum absolute atomic E-state index is 0.0131. The van der Waals surface area contributed by atoms with E-state index in [1.165, 1.54) is 6.20 Å². The number of fused-ring (bicyclic) bond motifs is 1. The van der Waals surface area contributed by atoms with Crippen molar-refractivity contribution < 1.29 is 19.1 Å². The van der Waals surface area contributed by atoms with Gasteiger partial charge in [0.2, 0.25) is 5.88 Å². The van der Waals surface area contributed by atoms with Gasteiger partial charge in [0.25, 0.3) is 0 Å². The Bertz CT molecular complexity index is 626. The molecule has 0 saturated carbocycles. The second-order valence-corrected chi connectivity index (χ2v) is 4.92. The van der Waals surface area contributed by atoms with Crippen molar-refractivity contribution in [3.8, 4) is 28.4 Å². The maximum atomic E-state index is 10.2. The number of benzene rings is 1. The van der Waals surface area contributed by atoms with Gasteiger partial charge in [0.05, 0.1) is 35.0 Å². The number of aromatic nitrogens is 1. The third-order valence-corrected chi connectivity index (χ3v) is 3.44. The SMILES string of the molecule is Nc1oncc1-c1c(O)c(Br)cc2c1OCCCO2. The Morgan fingerprint density at radius 2 is 2.11 bits per heavy atom. The number of phenolic OH excluding ortho intramolecular Hbond substituents is 1. The fourth-order valence-corrected chi connectivity index (χ4v) is 2.36. The molecule has 1 aromatic heterocycles. The van der Waals surface area contributed by atoms with Crippen LogP contribution in [-0.2, 0) is 0 Å². The normalized spacial score (nSPS) is 14.2. The minimum Gasteiger partial charge on any atom is -0.506 e. The fraction of sp³-hybridized carbons (Fsp3) is 0.250. The molecule has 2 heterocycles. The Balaban J connectivity index is 2.27. The summed E-state index contributed by atoms with van der Waals surface area (Å²) >= 11 is 3.28. The number of hydrogen-bond donors (Lipinski definition) is 2. The molecule has 0 aliphatic carbocycles. The summed E-state index contributed by atoms with van der Waals surface area (Å²) in [5.41, 5.74) is 6.61. The van der Waals surface area contributed by atoms with E-state index in [9.17, 15) is 5.11 Å². The quantitative estimate of drug-likeness (QED) is 0.836. The zero-order chi connectivity index (χ0) is 13.4. The summed E-state index contributed by atoms with van der Waals surface area (Å²) in [6.45, 7) is 1.06. The molecule has 100 valence electrons. The van der Waals surface area contributed by atoms with Crippen molar-refractivity contribution in [3.63, 3.8) is 0 Å². The molecule has 0 unspecified atom stereocenters. The first-order valence-electron chi connectivity index (χ1n) is 5.70. The van der Waals surface area contributed by atoms with Crippen molar-refractivity contribution in [2.45, 2.75) is 6.42 Å². The Morgan fingerprint density at radius 1 is 1.32 bits per heavy atom. The number of nitrogens with two attached hydrogens (primary N) is 1. The molecule has 0 radical (unpaired) electrons. The largest absolute Gasteiger partial charge is 0.506 e. The van der Waals surface area contributed by atoms with Crippen molar-refractivity contribution in [2.24, 2.45) is 0 Å². The number of ether oxygens (including phenoxy) is 2. The molecule has 1 aliphatic rings. The van der Waals surface area contributed by atoms with Crippen LogP contribution in [0.25, 0.3) is 11.1 Å². The van der Waals surface area contributed by atoms with E-state index in [0.29, 0.717) is 40.3 Å². The number of phenols is 1. The van der Waals surface area contributed by atoms with Crippen LogP contribution >= 0.6 is 15.9 Å². The number of aromatic hydroxyl groups is 1. The third kappa shape index (κ3) is 1.99. The number of rotatable bonds is 1. The maximum absolute atomic E-state index is 10.2. The Labute approximate surface area is 117 Å². The molecule has 3 N–H and O–H groups in total. The van der Waals surface area contributed by atoms with Crippen molar-refractivity contribution in [1.29, 1.82) is 0 Å². The van der Waals surface area contributed by atoms with Gasteiger partial charge in [-0.25, -0.2) is 0 Å². The highest BCUT2D eigenvalue weighted by Crippen LogP contribution is 2.50. The fourth-order valence-electron chi connectivity index (χ4n) is 1.95. The second-order valence-electron chi connectivity index (χ2n) is 4.06. The van der Waals surface area contributed by atoms with Crippen LogP contribution in [0, 0.1) is 0 Å². The van der Waals surface area contributed by atoms with Crippen molar-refractivity contribution >= 4 is 21.8 Å². The summed E-state index contributed by atoms with van der Waals surface area (Å²) in [6.07, 6.45) is 2.21. The molecule has 0 spiro atoms. The van der Waals surface area contributed by atoms with E-state index in [1.807, 2.05) is 0 Å². The van der Waals surface area contributed by atoms with Gasteiger partial charge < -0.3 is 24.8 Å². The van der Waals surface area contributed by atoms with Gasteiger partial charge in [0.1, 0.15) is 5.75 Å². The molecule has 0 amide bonds. The Hall–Kier alpha value is -1.89. The van der Waals surface area contributed by atoms with E-state index in [2.05, 4.69) is 21.1 Å². The first-order chi connectivity index (χ1) is 9.18. The van der Waals surface area contributed by atoms with Crippen LogP contribution in [0.4, 0.5) is 5.88 Å². The van der Waals surface area contributed by atoms with Gasteiger partial charge in [0, 0.05) is 12.5 Å². The molecule has 19 heavy (non-hydrogen) atoms. The van der Waals surface area contributed by atoms with Crippen molar-refractivity contribution in [2.75, 3.05) is 18.9 Å². The molecule has 1 aliphatic heterocycles. The number of hydrogen-bond acceptors (Lipinski definition) is 6. The highest BCUT2D eigenvalue weighted by atomic mass is 79.9. The summed E-state index contributed by atoms with van der Waals surface area (Å²) in [6, 6.07) is 1.67. The molecule has 3 rings (SSSR count). The van der Waals surface area contributed by atoms with E-state index < -0.39 is 0 Å². The lowest BCUT2D eigenvalue weighted by molar-refractivity contribution is 0.297. The van der Waals surface area contributed by atoms with Crippen molar-refractivity contribution in [3.05, 3.63) is 16.7 Å². The second kappa shape index (κ2) is 4.65. The molecular formula is C12H11BrN2O4. The zero-order valence-electron chi connectivity index (χ0n) is 9.85. The van der Waals surface area contributed by atoms with E-state index in [1.54, 1.807) is 6.07 Å². The summed E-state index contributed by atoms with van der Waals surface area (Å²) in [4.78, 5) is 0. The lowest BCUT2D eigenvalue weighted by atomic mass is 10.1. The molecule has 0 atom stereocenters. The van der Waals surface area contributed by atoms with E-state index in [0.717, 1.165) is 6.42 Å². The van der Waals surface area contributed by atoms with Crippen LogP contribution in [0.3, 0.4) is 0 Å². The standard InChI is InChI=1S/C12H11BrN2O4/c13-7-4-8-11(18-3-1-2-17-8)9(10(7)16)6-5-15-19-12(6)14/h4-5,16H,1-3,14H2. The lowest BCUT2D eigenvalue weighted by Gasteiger charge is -2.14. The summed E-state index contributed by atoms with van der Waals surface area (Å²) < 4.78 is 16.6. The average Bonchev–Trinajstić information content (AvgIpc) is 2.67. The van der Waals surface area contributed by atoms with Crippen molar-refractivity contribution in [1.82, 2.24) is 5.16 Å². The van der Waals surface area contributed by atoms with Gasteiger partial charge >= 0.3 is 0 Å². The van der Waals surface area contributed by atoms with E-state index in [-0.39, 0.29) is 11.6 Å². The van der Waals surface area contributed by atoms with Gasteiger partial charge in [-0.15, -0.1) is 0 Å².